The van der Waals surface area contributed by atoms with E-state index in [0.29, 0.717) is 18.7 Å². The summed E-state index contributed by atoms with van der Waals surface area (Å²) in [7, 11) is 1.60. The maximum absolute atomic E-state index is 12.1. The van der Waals surface area contributed by atoms with Crippen LogP contribution in [0, 0.1) is 0 Å². The number of carboxylic acids is 1. The van der Waals surface area contributed by atoms with Gasteiger partial charge in [-0.3, -0.25) is 4.79 Å². The number of hydrogen-bond donors (Lipinski definition) is 3. The molecule has 2 aromatic rings. The van der Waals surface area contributed by atoms with Gasteiger partial charge in [-0.15, -0.1) is 0 Å². The van der Waals surface area contributed by atoms with E-state index in [0.717, 1.165) is 5.56 Å². The third-order valence-corrected chi connectivity index (χ3v) is 2.91. The smallest absolute Gasteiger partial charge is 0.354 e. The summed E-state index contributed by atoms with van der Waals surface area (Å²) in [5.74, 6) is -1.80. The van der Waals surface area contributed by atoms with Crippen LogP contribution in [0.5, 0.6) is 0 Å². The number of carbonyl (C=O) groups is 2. The number of carbonyl (C=O) groups excluding carboxylic acids is 1. The van der Waals surface area contributed by atoms with Crippen molar-refractivity contribution < 1.29 is 19.4 Å². The zero-order valence-corrected chi connectivity index (χ0v) is 11.4. The number of benzene rings is 1. The largest absolute Gasteiger partial charge is 0.477 e. The Morgan fingerprint density at radius 3 is 2.86 bits per heavy atom. The molecule has 0 atom stereocenters. The van der Waals surface area contributed by atoms with Crippen LogP contribution in [0.2, 0.25) is 0 Å². The molecule has 0 bridgehead atoms. The fourth-order valence-corrected chi connectivity index (χ4v) is 1.88. The number of methoxy groups -OCH3 is 1. The molecule has 1 heterocycles. The lowest BCUT2D eigenvalue weighted by atomic mass is 10.1. The third kappa shape index (κ3) is 3.46. The second kappa shape index (κ2) is 6.67. The topological polar surface area (TPSA) is 104 Å². The van der Waals surface area contributed by atoms with Gasteiger partial charge in [0.15, 0.2) is 11.4 Å². The molecule has 1 aromatic heterocycles. The van der Waals surface area contributed by atoms with Crippen LogP contribution >= 0.6 is 0 Å². The highest BCUT2D eigenvalue weighted by molar-refractivity contribution is 6.08. The van der Waals surface area contributed by atoms with Crippen LogP contribution in [0.25, 0.3) is 0 Å². The quantitative estimate of drug-likeness (QED) is 0.748. The van der Waals surface area contributed by atoms with E-state index < -0.39 is 11.9 Å². The Kier molecular flexibility index (Phi) is 4.68. The van der Waals surface area contributed by atoms with Crippen molar-refractivity contribution in [3.05, 3.63) is 47.5 Å². The van der Waals surface area contributed by atoms with Crippen LogP contribution in [0.15, 0.2) is 30.6 Å². The lowest BCUT2D eigenvalue weighted by Crippen LogP contribution is -2.17. The average Bonchev–Trinajstić information content (AvgIpc) is 2.96. The van der Waals surface area contributed by atoms with Crippen LogP contribution in [-0.2, 0) is 11.2 Å². The summed E-state index contributed by atoms with van der Waals surface area (Å²) in [5.41, 5.74) is 1.13. The molecule has 2 rings (SSSR count). The molecule has 1 amide bonds. The number of anilines is 1. The average molecular weight is 289 g/mol. The first-order chi connectivity index (χ1) is 10.1. The zero-order chi connectivity index (χ0) is 15.2. The molecule has 0 saturated carbocycles. The fraction of sp³-hybridized carbons (Fsp3) is 0.214. The second-order valence-electron chi connectivity index (χ2n) is 4.29. The van der Waals surface area contributed by atoms with E-state index in [9.17, 15) is 9.59 Å². The first-order valence-electron chi connectivity index (χ1n) is 6.28. The number of hydrogen-bond acceptors (Lipinski definition) is 4. The molecule has 110 valence electrons. The van der Waals surface area contributed by atoms with Crippen molar-refractivity contribution in [1.82, 2.24) is 9.97 Å². The summed E-state index contributed by atoms with van der Waals surface area (Å²) < 4.78 is 5.02. The number of aromatic amines is 1. The standard InChI is InChI=1S/C14H15N3O4/c1-21-7-6-9-4-2-3-5-10(9)17-13(18)11-12(14(19)20)16-8-15-11/h2-5,8H,6-7H2,1H3,(H,15,16)(H,17,18)(H,19,20). The summed E-state index contributed by atoms with van der Waals surface area (Å²) in [6, 6.07) is 7.26. The number of nitrogens with one attached hydrogen (secondary N) is 2. The molecule has 0 aliphatic carbocycles. The maximum Gasteiger partial charge on any atom is 0.354 e. The monoisotopic (exact) mass is 289 g/mol. The van der Waals surface area contributed by atoms with Gasteiger partial charge in [-0.05, 0) is 18.1 Å². The number of carboxylic acid groups (broad SMARTS) is 1. The first-order valence-corrected chi connectivity index (χ1v) is 6.28. The molecule has 0 unspecified atom stereocenters. The number of ether oxygens (including phenoxy) is 1. The lowest BCUT2D eigenvalue weighted by Gasteiger charge is -2.10. The Morgan fingerprint density at radius 1 is 1.38 bits per heavy atom. The molecular formula is C14H15N3O4. The molecule has 0 saturated heterocycles. The molecule has 0 fully saturated rings. The van der Waals surface area contributed by atoms with E-state index in [1.165, 1.54) is 6.33 Å². The zero-order valence-electron chi connectivity index (χ0n) is 11.4. The second-order valence-corrected chi connectivity index (χ2v) is 4.29. The maximum atomic E-state index is 12.1. The summed E-state index contributed by atoms with van der Waals surface area (Å²) in [6.07, 6.45) is 1.81. The normalized spacial score (nSPS) is 10.3. The number of rotatable bonds is 6. The number of amides is 1. The summed E-state index contributed by atoms with van der Waals surface area (Å²) in [5, 5.41) is 11.6. The van der Waals surface area contributed by atoms with Gasteiger partial charge in [0.05, 0.1) is 12.9 Å². The SMILES string of the molecule is COCCc1ccccc1NC(=O)c1nc[nH]c1C(=O)O. The summed E-state index contributed by atoms with van der Waals surface area (Å²) in [6.45, 7) is 0.523. The summed E-state index contributed by atoms with van der Waals surface area (Å²) >= 11 is 0. The van der Waals surface area contributed by atoms with Crippen molar-refractivity contribution in [2.75, 3.05) is 19.0 Å². The highest BCUT2D eigenvalue weighted by Gasteiger charge is 2.20. The van der Waals surface area contributed by atoms with Crippen molar-refractivity contribution in [3.63, 3.8) is 0 Å². The Bertz CT molecular complexity index is 651. The first kappa shape index (κ1) is 14.7. The van der Waals surface area contributed by atoms with E-state index in [2.05, 4.69) is 15.3 Å². The van der Waals surface area contributed by atoms with E-state index in [1.54, 1.807) is 19.2 Å². The number of aromatic nitrogens is 2. The van der Waals surface area contributed by atoms with Gasteiger partial charge in [-0.2, -0.15) is 0 Å². The van der Waals surface area contributed by atoms with Crippen LogP contribution < -0.4 is 5.32 Å². The van der Waals surface area contributed by atoms with Gasteiger partial charge in [0, 0.05) is 12.8 Å². The Labute approximate surface area is 121 Å². The molecule has 0 aliphatic rings. The van der Waals surface area contributed by atoms with E-state index in [1.807, 2.05) is 12.1 Å². The molecule has 0 aliphatic heterocycles. The molecule has 3 N–H and O–H groups in total. The van der Waals surface area contributed by atoms with Crippen molar-refractivity contribution in [2.24, 2.45) is 0 Å². The number of H-pyrrole nitrogens is 1. The molecule has 7 nitrogen and oxygen atoms in total. The molecular weight excluding hydrogens is 274 g/mol. The number of para-hydroxylation sites is 1. The fourth-order valence-electron chi connectivity index (χ4n) is 1.88. The number of nitrogens with zero attached hydrogens (tertiary/aromatic N) is 1. The third-order valence-electron chi connectivity index (χ3n) is 2.91. The molecule has 21 heavy (non-hydrogen) atoms. The summed E-state index contributed by atoms with van der Waals surface area (Å²) in [4.78, 5) is 29.3. The molecule has 0 radical (unpaired) electrons. The highest BCUT2D eigenvalue weighted by atomic mass is 16.5. The van der Waals surface area contributed by atoms with Gasteiger partial charge in [0.1, 0.15) is 0 Å². The predicted octanol–water partition coefficient (Wildman–Crippen LogP) is 1.55. The van der Waals surface area contributed by atoms with E-state index in [4.69, 9.17) is 9.84 Å². The van der Waals surface area contributed by atoms with Crippen molar-refractivity contribution >= 4 is 17.6 Å². The van der Waals surface area contributed by atoms with Crippen LogP contribution in [-0.4, -0.2) is 40.7 Å². The lowest BCUT2D eigenvalue weighted by molar-refractivity contribution is 0.0686. The minimum absolute atomic E-state index is 0.149. The van der Waals surface area contributed by atoms with Crippen molar-refractivity contribution in [3.8, 4) is 0 Å². The Balaban J connectivity index is 2.20. The highest BCUT2D eigenvalue weighted by Crippen LogP contribution is 2.17. The van der Waals surface area contributed by atoms with E-state index in [-0.39, 0.29) is 11.4 Å². The van der Waals surface area contributed by atoms with Gasteiger partial charge in [-0.25, -0.2) is 9.78 Å². The predicted molar refractivity (Wildman–Crippen MR) is 75.5 cm³/mol. The molecule has 0 spiro atoms. The molecule has 1 aromatic carbocycles. The van der Waals surface area contributed by atoms with Gasteiger partial charge in [0.2, 0.25) is 0 Å². The Morgan fingerprint density at radius 2 is 2.14 bits per heavy atom. The Hall–Kier alpha value is -2.67. The number of aromatic carboxylic acids is 1. The van der Waals surface area contributed by atoms with Crippen LogP contribution in [0.3, 0.4) is 0 Å². The van der Waals surface area contributed by atoms with Gasteiger partial charge < -0.3 is 20.1 Å². The van der Waals surface area contributed by atoms with Crippen molar-refractivity contribution in [2.45, 2.75) is 6.42 Å². The van der Waals surface area contributed by atoms with E-state index >= 15 is 0 Å². The minimum atomic E-state index is -1.23. The van der Waals surface area contributed by atoms with Crippen LogP contribution in [0.4, 0.5) is 5.69 Å². The van der Waals surface area contributed by atoms with Gasteiger partial charge in [0.25, 0.3) is 5.91 Å². The van der Waals surface area contributed by atoms with Gasteiger partial charge in [-0.1, -0.05) is 18.2 Å². The van der Waals surface area contributed by atoms with Gasteiger partial charge >= 0.3 is 5.97 Å². The number of imidazole rings is 1. The van der Waals surface area contributed by atoms with Crippen LogP contribution in [0.1, 0.15) is 26.5 Å². The minimum Gasteiger partial charge on any atom is -0.477 e. The van der Waals surface area contributed by atoms with Crippen molar-refractivity contribution in [1.29, 1.82) is 0 Å². The molecule has 7 heteroatoms.